The highest BCUT2D eigenvalue weighted by atomic mass is 19.4. The minimum absolute atomic E-state index is 0.0759. The molecule has 0 radical (unpaired) electrons. The Bertz CT molecular complexity index is 413. The van der Waals surface area contributed by atoms with Crippen molar-refractivity contribution >= 4 is 0 Å². The molecule has 0 saturated carbocycles. The van der Waals surface area contributed by atoms with Crippen molar-refractivity contribution in [3.05, 3.63) is 29.8 Å². The molecule has 0 aliphatic heterocycles. The van der Waals surface area contributed by atoms with E-state index >= 15 is 0 Å². The molecule has 0 amide bonds. The van der Waals surface area contributed by atoms with Gasteiger partial charge in [-0.25, -0.2) is 0 Å². The Morgan fingerprint density at radius 1 is 1.29 bits per heavy atom. The first-order valence-corrected chi connectivity index (χ1v) is 4.77. The molecule has 92 valence electrons. The standard InChI is InChI=1S/C12H11F3O2/c1-3-8-11(2,16)9-4-6-10(7-5-9)17-12(13,14)15/h1,4-7,16H,8H2,2H3/t11-/m1/s1. The van der Waals surface area contributed by atoms with Gasteiger partial charge >= 0.3 is 6.36 Å². The molecule has 0 bridgehead atoms. The van der Waals surface area contributed by atoms with Crippen LogP contribution in [0, 0.1) is 12.3 Å². The fourth-order valence-electron chi connectivity index (χ4n) is 1.32. The lowest BCUT2D eigenvalue weighted by molar-refractivity contribution is -0.274. The maximum Gasteiger partial charge on any atom is 0.573 e. The topological polar surface area (TPSA) is 29.5 Å². The number of hydrogen-bond donors (Lipinski definition) is 1. The van der Waals surface area contributed by atoms with Crippen LogP contribution in [-0.4, -0.2) is 11.5 Å². The molecule has 0 aliphatic rings. The van der Waals surface area contributed by atoms with Gasteiger partial charge in [0.15, 0.2) is 0 Å². The summed E-state index contributed by atoms with van der Waals surface area (Å²) in [6.45, 7) is 1.49. The fraction of sp³-hybridized carbons (Fsp3) is 0.333. The van der Waals surface area contributed by atoms with Crippen molar-refractivity contribution in [1.29, 1.82) is 0 Å². The highest BCUT2D eigenvalue weighted by Gasteiger charge is 2.31. The summed E-state index contributed by atoms with van der Waals surface area (Å²) >= 11 is 0. The van der Waals surface area contributed by atoms with Crippen molar-refractivity contribution in [1.82, 2.24) is 0 Å². The number of ether oxygens (including phenoxy) is 1. The maximum absolute atomic E-state index is 11.9. The Kier molecular flexibility index (Phi) is 3.69. The van der Waals surface area contributed by atoms with Crippen LogP contribution in [0.5, 0.6) is 5.75 Å². The van der Waals surface area contributed by atoms with E-state index in [0.717, 1.165) is 12.1 Å². The molecule has 5 heteroatoms. The van der Waals surface area contributed by atoms with E-state index in [1.165, 1.54) is 19.1 Å². The average Bonchev–Trinajstić information content (AvgIpc) is 2.15. The zero-order valence-corrected chi connectivity index (χ0v) is 9.08. The van der Waals surface area contributed by atoms with E-state index in [4.69, 9.17) is 6.42 Å². The Hall–Kier alpha value is -1.67. The number of alkyl halides is 3. The third-order valence-electron chi connectivity index (χ3n) is 2.16. The molecule has 2 nitrogen and oxygen atoms in total. The van der Waals surface area contributed by atoms with Gasteiger partial charge in [0, 0.05) is 6.42 Å². The number of hydrogen-bond acceptors (Lipinski definition) is 2. The van der Waals surface area contributed by atoms with Crippen molar-refractivity contribution in [3.63, 3.8) is 0 Å². The number of rotatable bonds is 3. The summed E-state index contributed by atoms with van der Waals surface area (Å²) in [7, 11) is 0. The second-order valence-electron chi connectivity index (χ2n) is 3.73. The maximum atomic E-state index is 11.9. The van der Waals surface area contributed by atoms with Gasteiger partial charge in [0.25, 0.3) is 0 Å². The molecule has 1 aromatic carbocycles. The predicted molar refractivity (Wildman–Crippen MR) is 56.1 cm³/mol. The number of aliphatic hydroxyl groups is 1. The van der Waals surface area contributed by atoms with Gasteiger partial charge in [0.05, 0.1) is 5.60 Å². The Labute approximate surface area is 97.0 Å². The van der Waals surface area contributed by atoms with E-state index in [2.05, 4.69) is 10.7 Å². The lowest BCUT2D eigenvalue weighted by atomic mass is 9.93. The molecular weight excluding hydrogens is 233 g/mol. The molecule has 0 fully saturated rings. The molecule has 0 spiro atoms. The third kappa shape index (κ3) is 4.00. The van der Waals surface area contributed by atoms with E-state index in [9.17, 15) is 18.3 Å². The summed E-state index contributed by atoms with van der Waals surface area (Å²) in [5.74, 6) is 1.96. The van der Waals surface area contributed by atoms with Gasteiger partial charge in [0.1, 0.15) is 5.75 Å². The lowest BCUT2D eigenvalue weighted by Crippen LogP contribution is -2.20. The van der Waals surface area contributed by atoms with Gasteiger partial charge in [-0.2, -0.15) is 0 Å². The van der Waals surface area contributed by atoms with Gasteiger partial charge in [-0.15, -0.1) is 25.5 Å². The molecule has 0 saturated heterocycles. The molecule has 1 N–H and O–H groups in total. The Morgan fingerprint density at radius 2 is 1.82 bits per heavy atom. The van der Waals surface area contributed by atoms with Crippen molar-refractivity contribution < 1.29 is 23.0 Å². The minimum Gasteiger partial charge on any atom is -0.406 e. The molecule has 1 atom stereocenters. The van der Waals surface area contributed by atoms with E-state index in [1.807, 2.05) is 0 Å². The first-order chi connectivity index (χ1) is 7.74. The van der Waals surface area contributed by atoms with Crippen LogP contribution in [-0.2, 0) is 5.60 Å². The minimum atomic E-state index is -4.72. The normalized spacial score (nSPS) is 14.8. The number of terminal acetylenes is 1. The molecule has 1 aromatic rings. The molecular formula is C12H11F3O2. The molecule has 17 heavy (non-hydrogen) atoms. The SMILES string of the molecule is C#CC[C@@](C)(O)c1ccc(OC(F)(F)F)cc1. The zero-order chi connectivity index (χ0) is 13.1. The van der Waals surface area contributed by atoms with Crippen LogP contribution in [0.4, 0.5) is 13.2 Å². The second-order valence-corrected chi connectivity index (χ2v) is 3.73. The first-order valence-electron chi connectivity index (χ1n) is 4.77. The summed E-state index contributed by atoms with van der Waals surface area (Å²) in [4.78, 5) is 0. The number of halogens is 3. The van der Waals surface area contributed by atoms with Crippen molar-refractivity contribution in [2.45, 2.75) is 25.3 Å². The fourth-order valence-corrected chi connectivity index (χ4v) is 1.32. The van der Waals surface area contributed by atoms with Crippen LogP contribution in [0.1, 0.15) is 18.9 Å². The van der Waals surface area contributed by atoms with Gasteiger partial charge in [-0.05, 0) is 24.6 Å². The van der Waals surface area contributed by atoms with Crippen LogP contribution in [0.3, 0.4) is 0 Å². The monoisotopic (exact) mass is 244 g/mol. The second kappa shape index (κ2) is 4.68. The van der Waals surface area contributed by atoms with Crippen molar-refractivity contribution in [3.8, 4) is 18.1 Å². The molecule has 0 aliphatic carbocycles. The highest BCUT2D eigenvalue weighted by molar-refractivity contribution is 5.31. The summed E-state index contributed by atoms with van der Waals surface area (Å²) in [5.41, 5.74) is -0.823. The summed E-state index contributed by atoms with van der Waals surface area (Å²) in [6.07, 6.45) is 0.438. The summed E-state index contributed by atoms with van der Waals surface area (Å²) in [5, 5.41) is 9.90. The Balaban J connectivity index is 2.86. The summed E-state index contributed by atoms with van der Waals surface area (Å²) < 4.78 is 39.4. The van der Waals surface area contributed by atoms with Crippen molar-refractivity contribution in [2.24, 2.45) is 0 Å². The van der Waals surface area contributed by atoms with Crippen LogP contribution in [0.15, 0.2) is 24.3 Å². The van der Waals surface area contributed by atoms with Gasteiger partial charge in [-0.1, -0.05) is 12.1 Å². The smallest absolute Gasteiger partial charge is 0.406 e. The van der Waals surface area contributed by atoms with Gasteiger partial charge in [-0.3, -0.25) is 0 Å². The van der Waals surface area contributed by atoms with Crippen LogP contribution in [0.2, 0.25) is 0 Å². The molecule has 0 heterocycles. The van der Waals surface area contributed by atoms with E-state index < -0.39 is 12.0 Å². The quantitative estimate of drug-likeness (QED) is 0.828. The first kappa shape index (κ1) is 13.4. The van der Waals surface area contributed by atoms with E-state index in [1.54, 1.807) is 0 Å². The van der Waals surface area contributed by atoms with Gasteiger partial charge in [0.2, 0.25) is 0 Å². The molecule has 0 unspecified atom stereocenters. The van der Waals surface area contributed by atoms with Crippen LogP contribution < -0.4 is 4.74 Å². The van der Waals surface area contributed by atoms with Gasteiger partial charge < -0.3 is 9.84 Å². The van der Waals surface area contributed by atoms with E-state index in [0.29, 0.717) is 5.56 Å². The number of benzene rings is 1. The predicted octanol–water partition coefficient (Wildman–Crippen LogP) is 2.82. The zero-order valence-electron chi connectivity index (χ0n) is 9.08. The largest absolute Gasteiger partial charge is 0.573 e. The molecule has 0 aromatic heterocycles. The average molecular weight is 244 g/mol. The highest BCUT2D eigenvalue weighted by Crippen LogP contribution is 2.28. The van der Waals surface area contributed by atoms with E-state index in [-0.39, 0.29) is 12.2 Å². The van der Waals surface area contributed by atoms with Crippen molar-refractivity contribution in [2.75, 3.05) is 0 Å². The van der Waals surface area contributed by atoms with Crippen LogP contribution in [0.25, 0.3) is 0 Å². The Morgan fingerprint density at radius 3 is 2.24 bits per heavy atom. The third-order valence-corrected chi connectivity index (χ3v) is 2.16. The molecule has 1 rings (SSSR count). The lowest BCUT2D eigenvalue weighted by Gasteiger charge is -2.21. The summed E-state index contributed by atoms with van der Waals surface area (Å²) in [6, 6.07) is 4.96. The van der Waals surface area contributed by atoms with Crippen LogP contribution >= 0.6 is 0 Å².